The van der Waals surface area contributed by atoms with Crippen molar-refractivity contribution >= 4 is 17.1 Å². The van der Waals surface area contributed by atoms with E-state index < -0.39 is 0 Å². The van der Waals surface area contributed by atoms with Crippen LogP contribution in [0.25, 0.3) is 0 Å². The summed E-state index contributed by atoms with van der Waals surface area (Å²) in [4.78, 5) is 16.0. The molecule has 0 aromatic carbocycles. The molecule has 1 aromatic rings. The Hall–Kier alpha value is -0.740. The number of carbonyl (C=O) groups excluding carboxylic acids is 1. The first-order valence-electron chi connectivity index (χ1n) is 5.17. The molecule has 3 nitrogen and oxygen atoms in total. The lowest BCUT2D eigenvalue weighted by Gasteiger charge is -2.18. The second-order valence-electron chi connectivity index (χ2n) is 3.69. The molecule has 1 unspecified atom stereocenters. The molecule has 0 fully saturated rings. The van der Waals surface area contributed by atoms with E-state index in [0.717, 1.165) is 5.01 Å². The molecule has 84 valence electrons. The molecule has 1 atom stereocenters. The molecule has 15 heavy (non-hydrogen) atoms. The van der Waals surface area contributed by atoms with Crippen LogP contribution in [-0.4, -0.2) is 23.5 Å². The van der Waals surface area contributed by atoms with Crippen LogP contribution in [0, 0.1) is 5.92 Å². The lowest BCUT2D eigenvalue weighted by atomic mass is 10.0. The molecule has 0 aliphatic carbocycles. The van der Waals surface area contributed by atoms with Crippen LogP contribution >= 0.6 is 11.3 Å². The number of aromatic nitrogens is 1. The van der Waals surface area contributed by atoms with Gasteiger partial charge in [-0.3, -0.25) is 4.79 Å². The Balaban J connectivity index is 2.56. The number of nitrogens with zero attached hydrogens (tertiary/aromatic N) is 1. The van der Waals surface area contributed by atoms with Gasteiger partial charge >= 0.3 is 0 Å². The van der Waals surface area contributed by atoms with Gasteiger partial charge in [-0.25, -0.2) is 4.98 Å². The van der Waals surface area contributed by atoms with Gasteiger partial charge in [0.2, 0.25) is 0 Å². The minimum Gasteiger partial charge on any atom is -0.370 e. The van der Waals surface area contributed by atoms with Gasteiger partial charge in [-0.05, 0) is 12.8 Å². The highest BCUT2D eigenvalue weighted by Gasteiger charge is 2.22. The van der Waals surface area contributed by atoms with E-state index in [9.17, 15) is 4.79 Å². The molecule has 0 saturated heterocycles. The highest BCUT2D eigenvalue weighted by Crippen LogP contribution is 2.13. The summed E-state index contributed by atoms with van der Waals surface area (Å²) >= 11 is 1.51. The monoisotopic (exact) mass is 227 g/mol. The molecule has 0 N–H and O–H groups in total. The zero-order valence-electron chi connectivity index (χ0n) is 9.40. The summed E-state index contributed by atoms with van der Waals surface area (Å²) < 4.78 is 5.44. The quantitative estimate of drug-likeness (QED) is 0.748. The normalized spacial score (nSPS) is 13.1. The third kappa shape index (κ3) is 3.72. The summed E-state index contributed by atoms with van der Waals surface area (Å²) in [7, 11) is 0. The lowest BCUT2D eigenvalue weighted by Crippen LogP contribution is -2.31. The van der Waals surface area contributed by atoms with Crippen molar-refractivity contribution in [3.63, 3.8) is 0 Å². The Bertz CT molecular complexity index is 296. The van der Waals surface area contributed by atoms with E-state index in [1.54, 1.807) is 6.20 Å². The number of ether oxygens (including phenoxy) is 1. The summed E-state index contributed by atoms with van der Waals surface area (Å²) in [5.74, 6) is 0.346. The van der Waals surface area contributed by atoms with Crippen molar-refractivity contribution in [2.75, 3.05) is 6.61 Å². The molecule has 0 amide bonds. The molecule has 1 rings (SSSR count). The average molecular weight is 227 g/mol. The molecule has 0 spiro atoms. The van der Waals surface area contributed by atoms with Gasteiger partial charge in [0.05, 0.1) is 11.4 Å². The third-order valence-electron chi connectivity index (χ3n) is 2.08. The third-order valence-corrected chi connectivity index (χ3v) is 2.86. The number of rotatable bonds is 6. The van der Waals surface area contributed by atoms with Crippen molar-refractivity contribution in [1.82, 2.24) is 4.98 Å². The summed E-state index contributed by atoms with van der Waals surface area (Å²) in [6, 6.07) is 0. The maximum atomic E-state index is 11.9. The van der Waals surface area contributed by atoms with Crippen molar-refractivity contribution in [2.45, 2.75) is 33.3 Å². The van der Waals surface area contributed by atoms with Gasteiger partial charge in [-0.15, -0.1) is 11.3 Å². The van der Waals surface area contributed by atoms with Crippen LogP contribution in [-0.2, 0) is 16.0 Å². The van der Waals surface area contributed by atoms with Gasteiger partial charge in [0.25, 0.3) is 0 Å². The first-order chi connectivity index (χ1) is 7.15. The maximum absolute atomic E-state index is 11.9. The SMILES string of the molecule is CCOC(C(=O)Cc1nccs1)C(C)C. The summed E-state index contributed by atoms with van der Waals surface area (Å²) in [5, 5.41) is 2.75. The second kappa shape index (κ2) is 5.98. The van der Waals surface area contributed by atoms with Crippen LogP contribution in [0.2, 0.25) is 0 Å². The molecule has 0 aliphatic rings. The van der Waals surface area contributed by atoms with Crippen LogP contribution < -0.4 is 0 Å². The molecular formula is C11H17NO2S. The predicted molar refractivity (Wildman–Crippen MR) is 61.1 cm³/mol. The fourth-order valence-corrected chi connectivity index (χ4v) is 2.05. The Labute approximate surface area is 94.5 Å². The Kier molecular flexibility index (Phi) is 4.91. The number of Topliss-reactive ketones (excluding diaryl/α,β-unsaturated/α-hetero) is 1. The predicted octanol–water partition coefficient (Wildman–Crippen LogP) is 2.32. The highest BCUT2D eigenvalue weighted by molar-refractivity contribution is 7.09. The molecule has 1 heterocycles. The van der Waals surface area contributed by atoms with E-state index in [0.29, 0.717) is 13.0 Å². The summed E-state index contributed by atoms with van der Waals surface area (Å²) in [6.45, 7) is 6.48. The van der Waals surface area contributed by atoms with Crippen LogP contribution in [0.4, 0.5) is 0 Å². The topological polar surface area (TPSA) is 39.2 Å². The van der Waals surface area contributed by atoms with Crippen LogP contribution in [0.3, 0.4) is 0 Å². The zero-order chi connectivity index (χ0) is 11.3. The highest BCUT2D eigenvalue weighted by atomic mass is 32.1. The fraction of sp³-hybridized carbons (Fsp3) is 0.636. The zero-order valence-corrected chi connectivity index (χ0v) is 10.2. The molecule has 1 aromatic heterocycles. The summed E-state index contributed by atoms with van der Waals surface area (Å²) in [6.07, 6.45) is 1.82. The van der Waals surface area contributed by atoms with Crippen LogP contribution in [0.1, 0.15) is 25.8 Å². The van der Waals surface area contributed by atoms with Crippen molar-refractivity contribution in [3.8, 4) is 0 Å². The fourth-order valence-electron chi connectivity index (χ4n) is 1.43. The van der Waals surface area contributed by atoms with E-state index >= 15 is 0 Å². The standard InChI is InChI=1S/C11H17NO2S/c1-4-14-11(8(2)3)9(13)7-10-12-5-6-15-10/h5-6,8,11H,4,7H2,1-3H3. The Morgan fingerprint density at radius 1 is 1.60 bits per heavy atom. The second-order valence-corrected chi connectivity index (χ2v) is 4.67. The minimum absolute atomic E-state index is 0.127. The van der Waals surface area contributed by atoms with Gasteiger partial charge in [0.1, 0.15) is 6.10 Å². The number of hydrogen-bond acceptors (Lipinski definition) is 4. The van der Waals surface area contributed by atoms with E-state index in [-0.39, 0.29) is 17.8 Å². The van der Waals surface area contributed by atoms with E-state index in [2.05, 4.69) is 4.98 Å². The van der Waals surface area contributed by atoms with Gasteiger partial charge < -0.3 is 4.74 Å². The molecule has 0 radical (unpaired) electrons. The van der Waals surface area contributed by atoms with E-state index in [1.807, 2.05) is 26.2 Å². The first kappa shape index (κ1) is 12.3. The lowest BCUT2D eigenvalue weighted by molar-refractivity contribution is -0.132. The van der Waals surface area contributed by atoms with Gasteiger partial charge in [0, 0.05) is 18.2 Å². The molecule has 0 saturated carbocycles. The van der Waals surface area contributed by atoms with Gasteiger partial charge in [-0.2, -0.15) is 0 Å². The molecule has 0 aliphatic heterocycles. The van der Waals surface area contributed by atoms with Crippen molar-refractivity contribution < 1.29 is 9.53 Å². The van der Waals surface area contributed by atoms with Crippen molar-refractivity contribution in [1.29, 1.82) is 0 Å². The van der Waals surface area contributed by atoms with Crippen molar-refractivity contribution in [2.24, 2.45) is 5.92 Å². The van der Waals surface area contributed by atoms with E-state index in [1.165, 1.54) is 11.3 Å². The van der Waals surface area contributed by atoms with Crippen LogP contribution in [0.5, 0.6) is 0 Å². The Morgan fingerprint density at radius 2 is 2.33 bits per heavy atom. The summed E-state index contributed by atoms with van der Waals surface area (Å²) in [5.41, 5.74) is 0. The number of carbonyl (C=O) groups is 1. The molecular weight excluding hydrogens is 210 g/mol. The first-order valence-corrected chi connectivity index (χ1v) is 6.05. The number of thiazole rings is 1. The van der Waals surface area contributed by atoms with Gasteiger partial charge in [-0.1, -0.05) is 13.8 Å². The average Bonchev–Trinajstić information content (AvgIpc) is 2.65. The number of hydrogen-bond donors (Lipinski definition) is 0. The van der Waals surface area contributed by atoms with Crippen LogP contribution in [0.15, 0.2) is 11.6 Å². The number of ketones is 1. The minimum atomic E-state index is -0.293. The molecule has 0 bridgehead atoms. The van der Waals surface area contributed by atoms with Gasteiger partial charge in [0.15, 0.2) is 5.78 Å². The smallest absolute Gasteiger partial charge is 0.168 e. The Morgan fingerprint density at radius 3 is 2.80 bits per heavy atom. The maximum Gasteiger partial charge on any atom is 0.168 e. The van der Waals surface area contributed by atoms with E-state index in [4.69, 9.17) is 4.74 Å². The van der Waals surface area contributed by atoms with Crippen molar-refractivity contribution in [3.05, 3.63) is 16.6 Å². The molecule has 4 heteroatoms. The largest absolute Gasteiger partial charge is 0.370 e.